The molecule has 6 heteroatoms. The number of nitrogens with one attached hydrogen (secondary N) is 2. The number of halogens is 1. The molecule has 1 aromatic rings. The molecular weight excluding hydrogens is 312 g/mol. The van der Waals surface area contributed by atoms with Gasteiger partial charge in [0.2, 0.25) is 0 Å². The van der Waals surface area contributed by atoms with Crippen LogP contribution in [0.1, 0.15) is 25.8 Å². The minimum Gasteiger partial charge on any atom is -0.481 e. The van der Waals surface area contributed by atoms with Crippen LogP contribution in [0.4, 0.5) is 4.79 Å². The number of carbonyl (C=O) groups is 2. The van der Waals surface area contributed by atoms with E-state index in [0.717, 1.165) is 10.0 Å². The first-order valence-electron chi connectivity index (χ1n) is 5.81. The van der Waals surface area contributed by atoms with Crippen LogP contribution >= 0.6 is 15.9 Å². The minimum absolute atomic E-state index is 0.126. The van der Waals surface area contributed by atoms with E-state index in [1.807, 2.05) is 24.3 Å². The van der Waals surface area contributed by atoms with E-state index < -0.39 is 11.5 Å². The van der Waals surface area contributed by atoms with Crippen molar-refractivity contribution in [3.63, 3.8) is 0 Å². The molecule has 0 aliphatic carbocycles. The summed E-state index contributed by atoms with van der Waals surface area (Å²) in [7, 11) is 0. The van der Waals surface area contributed by atoms with E-state index in [2.05, 4.69) is 26.6 Å². The summed E-state index contributed by atoms with van der Waals surface area (Å²) in [6.45, 7) is 3.73. The molecule has 5 nitrogen and oxygen atoms in total. The van der Waals surface area contributed by atoms with Crippen molar-refractivity contribution in [1.82, 2.24) is 10.6 Å². The topological polar surface area (TPSA) is 78.4 Å². The standard InChI is InChI=1S/C13H17BrN2O3/c1-13(2,7-11(17)18)16-12(19)15-8-9-3-5-10(14)6-4-9/h3-6H,7-8H2,1-2H3,(H,17,18)(H2,15,16,19). The van der Waals surface area contributed by atoms with E-state index in [1.54, 1.807) is 13.8 Å². The largest absolute Gasteiger partial charge is 0.481 e. The van der Waals surface area contributed by atoms with Crippen molar-refractivity contribution in [1.29, 1.82) is 0 Å². The van der Waals surface area contributed by atoms with Crippen LogP contribution in [-0.4, -0.2) is 22.6 Å². The van der Waals surface area contributed by atoms with Crippen molar-refractivity contribution < 1.29 is 14.7 Å². The van der Waals surface area contributed by atoms with Gasteiger partial charge in [-0.3, -0.25) is 4.79 Å². The molecule has 0 heterocycles. The van der Waals surface area contributed by atoms with Gasteiger partial charge in [-0.25, -0.2) is 4.79 Å². The number of urea groups is 1. The molecule has 0 bridgehead atoms. The van der Waals surface area contributed by atoms with Gasteiger partial charge in [0.05, 0.1) is 6.42 Å². The van der Waals surface area contributed by atoms with Crippen molar-refractivity contribution in [3.8, 4) is 0 Å². The molecule has 19 heavy (non-hydrogen) atoms. The fraction of sp³-hybridized carbons (Fsp3) is 0.385. The number of hydrogen-bond donors (Lipinski definition) is 3. The van der Waals surface area contributed by atoms with E-state index in [0.29, 0.717) is 6.54 Å². The monoisotopic (exact) mass is 328 g/mol. The Morgan fingerprint density at radius 3 is 2.37 bits per heavy atom. The summed E-state index contributed by atoms with van der Waals surface area (Å²) in [5, 5.41) is 14.0. The van der Waals surface area contributed by atoms with Gasteiger partial charge in [0.25, 0.3) is 0 Å². The second kappa shape index (κ2) is 6.56. The number of carbonyl (C=O) groups excluding carboxylic acids is 1. The first-order valence-corrected chi connectivity index (χ1v) is 6.60. The van der Waals surface area contributed by atoms with Gasteiger partial charge in [0, 0.05) is 16.6 Å². The van der Waals surface area contributed by atoms with Gasteiger partial charge in [-0.05, 0) is 31.5 Å². The van der Waals surface area contributed by atoms with Gasteiger partial charge in [-0.2, -0.15) is 0 Å². The quantitative estimate of drug-likeness (QED) is 0.777. The summed E-state index contributed by atoms with van der Waals surface area (Å²) in [6, 6.07) is 7.20. The van der Waals surface area contributed by atoms with Gasteiger partial charge >= 0.3 is 12.0 Å². The van der Waals surface area contributed by atoms with E-state index >= 15 is 0 Å². The van der Waals surface area contributed by atoms with E-state index in [4.69, 9.17) is 5.11 Å². The summed E-state index contributed by atoms with van der Waals surface area (Å²) in [5.74, 6) is -0.946. The average molecular weight is 329 g/mol. The van der Waals surface area contributed by atoms with Crippen LogP contribution in [-0.2, 0) is 11.3 Å². The van der Waals surface area contributed by atoms with Crippen molar-refractivity contribution in [2.75, 3.05) is 0 Å². The van der Waals surface area contributed by atoms with Crippen LogP contribution < -0.4 is 10.6 Å². The SMILES string of the molecule is CC(C)(CC(=O)O)NC(=O)NCc1ccc(Br)cc1. The number of amides is 2. The zero-order valence-electron chi connectivity index (χ0n) is 10.9. The lowest BCUT2D eigenvalue weighted by Gasteiger charge is -2.24. The summed E-state index contributed by atoms with van der Waals surface area (Å²) >= 11 is 3.33. The maximum absolute atomic E-state index is 11.7. The Balaban J connectivity index is 2.43. The lowest BCUT2D eigenvalue weighted by Crippen LogP contribution is -2.49. The van der Waals surface area contributed by atoms with Crippen molar-refractivity contribution in [2.45, 2.75) is 32.4 Å². The molecule has 0 saturated carbocycles. The first kappa shape index (κ1) is 15.5. The zero-order valence-corrected chi connectivity index (χ0v) is 12.5. The van der Waals surface area contributed by atoms with Crippen LogP contribution in [0.3, 0.4) is 0 Å². The molecule has 1 aromatic carbocycles. The molecule has 0 saturated heterocycles. The molecule has 0 aromatic heterocycles. The fourth-order valence-corrected chi connectivity index (χ4v) is 1.82. The first-order chi connectivity index (χ1) is 8.78. The Labute approximate surface area is 120 Å². The molecular formula is C13H17BrN2O3. The van der Waals surface area contributed by atoms with Gasteiger partial charge in [0.1, 0.15) is 0 Å². The molecule has 0 radical (unpaired) electrons. The Hall–Kier alpha value is -1.56. The van der Waals surface area contributed by atoms with Crippen molar-refractivity contribution >= 4 is 27.9 Å². The zero-order chi connectivity index (χ0) is 14.5. The molecule has 0 spiro atoms. The Morgan fingerprint density at radius 2 is 1.84 bits per heavy atom. The average Bonchev–Trinajstić information content (AvgIpc) is 2.25. The van der Waals surface area contributed by atoms with Gasteiger partial charge in [-0.1, -0.05) is 28.1 Å². The highest BCUT2D eigenvalue weighted by Crippen LogP contribution is 2.10. The molecule has 2 amide bonds. The third-order valence-corrected chi connectivity index (χ3v) is 2.94. The maximum Gasteiger partial charge on any atom is 0.315 e. The predicted molar refractivity (Wildman–Crippen MR) is 75.8 cm³/mol. The Bertz CT molecular complexity index is 457. The summed E-state index contributed by atoms with van der Waals surface area (Å²) in [4.78, 5) is 22.3. The Kier molecular flexibility index (Phi) is 5.35. The minimum atomic E-state index is -0.946. The molecule has 3 N–H and O–H groups in total. The van der Waals surface area contributed by atoms with E-state index in [9.17, 15) is 9.59 Å². The normalized spacial score (nSPS) is 10.9. The number of rotatable bonds is 5. The predicted octanol–water partition coefficient (Wildman–Crippen LogP) is 2.50. The number of benzene rings is 1. The molecule has 0 aliphatic rings. The number of hydrogen-bond acceptors (Lipinski definition) is 2. The van der Waals surface area contributed by atoms with Gasteiger partial charge in [0.15, 0.2) is 0 Å². The highest BCUT2D eigenvalue weighted by molar-refractivity contribution is 9.10. The second-order valence-corrected chi connectivity index (χ2v) is 5.80. The van der Waals surface area contributed by atoms with Crippen LogP contribution in [0.2, 0.25) is 0 Å². The lowest BCUT2D eigenvalue weighted by molar-refractivity contribution is -0.138. The fourth-order valence-electron chi connectivity index (χ4n) is 1.56. The lowest BCUT2D eigenvalue weighted by atomic mass is 10.0. The molecule has 1 rings (SSSR count). The van der Waals surface area contributed by atoms with Crippen LogP contribution in [0.25, 0.3) is 0 Å². The third-order valence-electron chi connectivity index (χ3n) is 2.41. The van der Waals surface area contributed by atoms with Gasteiger partial charge in [-0.15, -0.1) is 0 Å². The maximum atomic E-state index is 11.7. The summed E-state index contributed by atoms with van der Waals surface area (Å²) < 4.78 is 0.975. The molecule has 0 fully saturated rings. The molecule has 0 unspecified atom stereocenters. The highest BCUT2D eigenvalue weighted by Gasteiger charge is 2.23. The van der Waals surface area contributed by atoms with E-state index in [1.165, 1.54) is 0 Å². The van der Waals surface area contributed by atoms with Crippen molar-refractivity contribution in [2.24, 2.45) is 0 Å². The Morgan fingerprint density at radius 1 is 1.26 bits per heavy atom. The van der Waals surface area contributed by atoms with Crippen molar-refractivity contribution in [3.05, 3.63) is 34.3 Å². The smallest absolute Gasteiger partial charge is 0.315 e. The van der Waals surface area contributed by atoms with Crippen LogP contribution in [0.15, 0.2) is 28.7 Å². The van der Waals surface area contributed by atoms with Crippen LogP contribution in [0, 0.1) is 0 Å². The van der Waals surface area contributed by atoms with E-state index in [-0.39, 0.29) is 12.5 Å². The number of carboxylic acids is 1. The number of carboxylic acid groups (broad SMARTS) is 1. The summed E-state index contributed by atoms with van der Waals surface area (Å²) in [6.07, 6.45) is -0.126. The number of aliphatic carboxylic acids is 1. The van der Waals surface area contributed by atoms with Gasteiger partial charge < -0.3 is 15.7 Å². The van der Waals surface area contributed by atoms with Crippen LogP contribution in [0.5, 0.6) is 0 Å². The second-order valence-electron chi connectivity index (χ2n) is 4.89. The molecule has 104 valence electrons. The highest BCUT2D eigenvalue weighted by atomic mass is 79.9. The third kappa shape index (κ3) is 6.24. The molecule has 0 atom stereocenters. The molecule has 0 aliphatic heterocycles. The summed E-state index contributed by atoms with van der Waals surface area (Å²) in [5.41, 5.74) is 0.185.